The van der Waals surface area contributed by atoms with Crippen molar-refractivity contribution >= 4 is 23.2 Å². The lowest BCUT2D eigenvalue weighted by atomic mass is 10.2. The van der Waals surface area contributed by atoms with Gasteiger partial charge in [-0.3, -0.25) is 0 Å². The van der Waals surface area contributed by atoms with Crippen molar-refractivity contribution < 1.29 is 14.3 Å². The van der Waals surface area contributed by atoms with Crippen LogP contribution in [-0.2, 0) is 0 Å². The van der Waals surface area contributed by atoms with E-state index in [-0.39, 0.29) is 6.03 Å². The number of carbonyl (C=O) groups excluding carboxylic acids is 1. The van der Waals surface area contributed by atoms with Gasteiger partial charge in [-0.15, -0.1) is 0 Å². The quantitative estimate of drug-likeness (QED) is 0.757. The number of rotatable bonds is 6. The summed E-state index contributed by atoms with van der Waals surface area (Å²) >= 11 is 4.92. The number of thiocarbonyl (C=S) groups is 1. The third-order valence-electron chi connectivity index (χ3n) is 3.01. The van der Waals surface area contributed by atoms with Gasteiger partial charge in [0.25, 0.3) is 0 Å². The van der Waals surface area contributed by atoms with Crippen molar-refractivity contribution in [2.75, 3.05) is 33.4 Å². The zero-order valence-corrected chi connectivity index (χ0v) is 12.0. The maximum absolute atomic E-state index is 11.4. The van der Waals surface area contributed by atoms with Crippen LogP contribution in [-0.4, -0.2) is 49.3 Å². The second kappa shape index (κ2) is 6.42. The van der Waals surface area contributed by atoms with E-state index in [1.165, 1.54) is 0 Å². The van der Waals surface area contributed by atoms with E-state index in [2.05, 4.69) is 5.32 Å². The molecule has 0 atom stereocenters. The summed E-state index contributed by atoms with van der Waals surface area (Å²) in [5.41, 5.74) is 6.29. The van der Waals surface area contributed by atoms with Crippen molar-refractivity contribution in [1.82, 2.24) is 10.2 Å². The highest BCUT2D eigenvalue weighted by atomic mass is 32.1. The highest BCUT2D eigenvalue weighted by Gasteiger charge is 2.19. The van der Waals surface area contributed by atoms with Gasteiger partial charge in [-0.25, -0.2) is 4.79 Å². The van der Waals surface area contributed by atoms with E-state index in [1.807, 2.05) is 0 Å². The summed E-state index contributed by atoms with van der Waals surface area (Å²) in [4.78, 5) is 13.4. The molecule has 3 N–H and O–H groups in total. The third-order valence-corrected chi connectivity index (χ3v) is 3.25. The molecule has 6 nitrogen and oxygen atoms in total. The Labute approximate surface area is 122 Å². The number of amides is 2. The zero-order chi connectivity index (χ0) is 14.5. The topological polar surface area (TPSA) is 76.8 Å². The number of urea groups is 1. The molecule has 1 aliphatic rings. The minimum atomic E-state index is -0.0515. The van der Waals surface area contributed by atoms with Crippen LogP contribution in [0.1, 0.15) is 5.56 Å². The summed E-state index contributed by atoms with van der Waals surface area (Å²) in [5, 5.41) is 2.74. The van der Waals surface area contributed by atoms with E-state index >= 15 is 0 Å². The van der Waals surface area contributed by atoms with Gasteiger partial charge in [0.1, 0.15) is 11.6 Å². The molecule has 1 heterocycles. The number of benzene rings is 1. The number of nitrogens with one attached hydrogen (secondary N) is 1. The molecule has 1 aliphatic heterocycles. The molecule has 7 heteroatoms. The fourth-order valence-corrected chi connectivity index (χ4v) is 2.06. The Balaban J connectivity index is 1.95. The largest absolute Gasteiger partial charge is 0.493 e. The number of carbonyl (C=O) groups is 1. The van der Waals surface area contributed by atoms with Crippen molar-refractivity contribution in [3.63, 3.8) is 0 Å². The van der Waals surface area contributed by atoms with Gasteiger partial charge < -0.3 is 25.4 Å². The van der Waals surface area contributed by atoms with Crippen LogP contribution in [0.4, 0.5) is 4.79 Å². The summed E-state index contributed by atoms with van der Waals surface area (Å²) in [6, 6.07) is 5.23. The molecule has 0 unspecified atom stereocenters. The lowest BCUT2D eigenvalue weighted by molar-refractivity contribution is 0.201. The van der Waals surface area contributed by atoms with Gasteiger partial charge in [-0.1, -0.05) is 12.2 Å². The first-order valence-electron chi connectivity index (χ1n) is 6.25. The first-order chi connectivity index (χ1) is 9.61. The molecule has 1 saturated heterocycles. The van der Waals surface area contributed by atoms with E-state index < -0.39 is 0 Å². The smallest absolute Gasteiger partial charge is 0.317 e. The zero-order valence-electron chi connectivity index (χ0n) is 11.2. The molecule has 0 saturated carbocycles. The molecule has 0 spiro atoms. The van der Waals surface area contributed by atoms with E-state index in [0.29, 0.717) is 42.7 Å². The maximum atomic E-state index is 11.4. The molecule has 20 heavy (non-hydrogen) atoms. The lowest BCUT2D eigenvalue weighted by Gasteiger charge is -2.16. The van der Waals surface area contributed by atoms with Gasteiger partial charge in [0.15, 0.2) is 11.5 Å². The number of nitrogens with two attached hydrogens (primary N) is 1. The van der Waals surface area contributed by atoms with Gasteiger partial charge in [-0.05, 0) is 18.2 Å². The van der Waals surface area contributed by atoms with Crippen LogP contribution >= 0.6 is 12.2 Å². The SMILES string of the molecule is COc1cc(C(N)=S)ccc1OCCN1CCNC1=O. The Hall–Kier alpha value is -2.02. The van der Waals surface area contributed by atoms with Crippen LogP contribution in [0.15, 0.2) is 18.2 Å². The van der Waals surface area contributed by atoms with Gasteiger partial charge in [0.05, 0.1) is 13.7 Å². The van der Waals surface area contributed by atoms with Crippen LogP contribution in [0.3, 0.4) is 0 Å². The van der Waals surface area contributed by atoms with Gasteiger partial charge in [-0.2, -0.15) is 0 Å². The summed E-state index contributed by atoms with van der Waals surface area (Å²) in [6.07, 6.45) is 0. The molecule has 0 aromatic heterocycles. The molecule has 108 valence electrons. The normalized spacial score (nSPS) is 14.1. The van der Waals surface area contributed by atoms with E-state index in [4.69, 9.17) is 27.4 Å². The Morgan fingerprint density at radius 1 is 1.50 bits per heavy atom. The first kappa shape index (κ1) is 14.4. The Morgan fingerprint density at radius 3 is 2.90 bits per heavy atom. The average molecular weight is 295 g/mol. The lowest BCUT2D eigenvalue weighted by Crippen LogP contribution is -2.31. The minimum Gasteiger partial charge on any atom is -0.493 e. The van der Waals surface area contributed by atoms with Crippen LogP contribution in [0.5, 0.6) is 11.5 Å². The van der Waals surface area contributed by atoms with E-state index in [9.17, 15) is 4.79 Å². The van der Waals surface area contributed by atoms with Crippen molar-refractivity contribution in [1.29, 1.82) is 0 Å². The van der Waals surface area contributed by atoms with Crippen molar-refractivity contribution in [3.05, 3.63) is 23.8 Å². The minimum absolute atomic E-state index is 0.0515. The van der Waals surface area contributed by atoms with Crippen molar-refractivity contribution in [2.24, 2.45) is 5.73 Å². The van der Waals surface area contributed by atoms with Gasteiger partial charge in [0, 0.05) is 18.7 Å². The summed E-state index contributed by atoms with van der Waals surface area (Å²) in [6.45, 7) is 2.33. The molecule has 0 aliphatic carbocycles. The number of methoxy groups -OCH3 is 1. The van der Waals surface area contributed by atoms with Crippen LogP contribution in [0.25, 0.3) is 0 Å². The predicted molar refractivity (Wildman–Crippen MR) is 79.3 cm³/mol. The molecule has 1 fully saturated rings. The second-order valence-corrected chi connectivity index (χ2v) is 4.74. The molecule has 2 rings (SSSR count). The number of ether oxygens (including phenoxy) is 2. The second-order valence-electron chi connectivity index (χ2n) is 4.30. The monoisotopic (exact) mass is 295 g/mol. The third kappa shape index (κ3) is 3.30. The average Bonchev–Trinajstić information content (AvgIpc) is 2.84. The first-order valence-corrected chi connectivity index (χ1v) is 6.66. The Bertz CT molecular complexity index is 522. The summed E-state index contributed by atoms with van der Waals surface area (Å²) in [5.74, 6) is 1.17. The molecule has 1 aromatic rings. The fourth-order valence-electron chi connectivity index (χ4n) is 1.93. The van der Waals surface area contributed by atoms with Crippen molar-refractivity contribution in [3.8, 4) is 11.5 Å². The van der Waals surface area contributed by atoms with Crippen LogP contribution in [0, 0.1) is 0 Å². The molecule has 1 aromatic carbocycles. The molecule has 0 bridgehead atoms. The number of nitrogens with zero attached hydrogens (tertiary/aromatic N) is 1. The van der Waals surface area contributed by atoms with Crippen LogP contribution in [0.2, 0.25) is 0 Å². The number of hydrogen-bond acceptors (Lipinski definition) is 4. The maximum Gasteiger partial charge on any atom is 0.317 e. The Kier molecular flexibility index (Phi) is 4.62. The number of hydrogen-bond donors (Lipinski definition) is 2. The Morgan fingerprint density at radius 2 is 2.30 bits per heavy atom. The summed E-state index contributed by atoms with van der Waals surface area (Å²) in [7, 11) is 1.56. The summed E-state index contributed by atoms with van der Waals surface area (Å²) < 4.78 is 10.9. The van der Waals surface area contributed by atoms with Crippen LogP contribution < -0.4 is 20.5 Å². The predicted octanol–water partition coefficient (Wildman–Crippen LogP) is 0.733. The highest BCUT2D eigenvalue weighted by Crippen LogP contribution is 2.28. The van der Waals surface area contributed by atoms with E-state index in [0.717, 1.165) is 5.56 Å². The van der Waals surface area contributed by atoms with Gasteiger partial charge >= 0.3 is 6.03 Å². The highest BCUT2D eigenvalue weighted by molar-refractivity contribution is 7.80. The molecule has 2 amide bonds. The van der Waals surface area contributed by atoms with E-state index in [1.54, 1.807) is 30.2 Å². The van der Waals surface area contributed by atoms with Gasteiger partial charge in [0.2, 0.25) is 0 Å². The van der Waals surface area contributed by atoms with Crippen molar-refractivity contribution in [2.45, 2.75) is 0 Å². The molecular weight excluding hydrogens is 278 g/mol. The standard InChI is InChI=1S/C13H17N3O3S/c1-18-11-8-9(12(14)20)2-3-10(11)19-7-6-16-5-4-15-13(16)17/h2-3,8H,4-7H2,1H3,(H2,14,20)(H,15,17). The fraction of sp³-hybridized carbons (Fsp3) is 0.385. The molecule has 0 radical (unpaired) electrons. The molecular formula is C13H17N3O3S.